The van der Waals surface area contributed by atoms with Crippen molar-refractivity contribution in [2.45, 2.75) is 31.7 Å². The Labute approximate surface area is 135 Å². The zero-order valence-corrected chi connectivity index (χ0v) is 13.1. The molecule has 0 saturated carbocycles. The first-order valence-corrected chi connectivity index (χ1v) is 8.11. The van der Waals surface area contributed by atoms with Crippen molar-refractivity contribution in [3.63, 3.8) is 0 Å². The monoisotopic (exact) mass is 311 g/mol. The van der Waals surface area contributed by atoms with E-state index in [0.717, 1.165) is 35.7 Å². The normalized spacial score (nSPS) is 18.3. The molecular weight excluding hydrogens is 290 g/mol. The molecule has 1 saturated heterocycles. The Bertz CT molecular complexity index is 725. The second kappa shape index (κ2) is 6.92. The van der Waals surface area contributed by atoms with E-state index in [1.54, 1.807) is 0 Å². The van der Waals surface area contributed by atoms with Crippen LogP contribution in [0.25, 0.3) is 10.8 Å². The molecule has 2 aromatic rings. The fourth-order valence-electron chi connectivity index (χ4n) is 3.37. The molecule has 0 aliphatic carbocycles. The third-order valence-electron chi connectivity index (χ3n) is 4.61. The third-order valence-corrected chi connectivity index (χ3v) is 4.61. The lowest BCUT2D eigenvalue weighted by Crippen LogP contribution is -2.33. The third kappa shape index (κ3) is 3.77. The molecule has 120 valence electrons. The van der Waals surface area contributed by atoms with Gasteiger partial charge < -0.3 is 5.11 Å². The maximum atomic E-state index is 12.4. The number of carbonyl (C=O) groups excluding carboxylic acids is 1. The maximum Gasteiger partial charge on any atom is 0.304 e. The number of carboxylic acids is 1. The summed E-state index contributed by atoms with van der Waals surface area (Å²) < 4.78 is 0. The van der Waals surface area contributed by atoms with Crippen LogP contribution in [0.5, 0.6) is 0 Å². The molecule has 4 heteroatoms. The zero-order valence-electron chi connectivity index (χ0n) is 13.1. The fourth-order valence-corrected chi connectivity index (χ4v) is 3.37. The van der Waals surface area contributed by atoms with Crippen LogP contribution in [0.4, 0.5) is 0 Å². The van der Waals surface area contributed by atoms with Crippen molar-refractivity contribution < 1.29 is 14.7 Å². The predicted octanol–water partition coefficient (Wildman–Crippen LogP) is 3.35. The highest BCUT2D eigenvalue weighted by Crippen LogP contribution is 2.21. The van der Waals surface area contributed by atoms with E-state index in [2.05, 4.69) is 4.90 Å². The molecule has 1 aliphatic rings. The van der Waals surface area contributed by atoms with Gasteiger partial charge in [-0.05, 0) is 36.2 Å². The van der Waals surface area contributed by atoms with Crippen molar-refractivity contribution in [2.75, 3.05) is 13.1 Å². The van der Waals surface area contributed by atoms with Crippen molar-refractivity contribution in [3.8, 4) is 0 Å². The number of ketones is 1. The van der Waals surface area contributed by atoms with Gasteiger partial charge in [0.25, 0.3) is 0 Å². The number of rotatable bonds is 6. The molecule has 0 bridgehead atoms. The van der Waals surface area contributed by atoms with E-state index in [4.69, 9.17) is 5.11 Å². The largest absolute Gasteiger partial charge is 0.481 e. The molecule has 0 aromatic heterocycles. The number of aliphatic carboxylic acids is 1. The smallest absolute Gasteiger partial charge is 0.304 e. The van der Waals surface area contributed by atoms with Crippen LogP contribution in [0.2, 0.25) is 0 Å². The second-order valence-corrected chi connectivity index (χ2v) is 6.16. The van der Waals surface area contributed by atoms with Crippen LogP contribution in [-0.4, -0.2) is 40.9 Å². The molecule has 0 spiro atoms. The molecule has 1 heterocycles. The second-order valence-electron chi connectivity index (χ2n) is 6.16. The van der Waals surface area contributed by atoms with Crippen LogP contribution in [-0.2, 0) is 4.79 Å². The molecule has 0 radical (unpaired) electrons. The molecule has 23 heavy (non-hydrogen) atoms. The Hall–Kier alpha value is -2.20. The van der Waals surface area contributed by atoms with E-state index in [-0.39, 0.29) is 18.2 Å². The highest BCUT2D eigenvalue weighted by molar-refractivity contribution is 6.00. The van der Waals surface area contributed by atoms with Gasteiger partial charge in [0.2, 0.25) is 0 Å². The van der Waals surface area contributed by atoms with Gasteiger partial charge in [0.05, 0.1) is 6.42 Å². The summed E-state index contributed by atoms with van der Waals surface area (Å²) in [5.41, 5.74) is 0.734. The van der Waals surface area contributed by atoms with Gasteiger partial charge in [-0.25, -0.2) is 0 Å². The number of fused-ring (bicyclic) bond motifs is 1. The molecule has 1 aliphatic heterocycles. The SMILES string of the molecule is O=C(O)CC1CCCN1CCC(=O)c1ccc2ccccc2c1. The van der Waals surface area contributed by atoms with Gasteiger partial charge in [-0.1, -0.05) is 36.4 Å². The minimum atomic E-state index is -0.761. The Morgan fingerprint density at radius 1 is 1.13 bits per heavy atom. The minimum Gasteiger partial charge on any atom is -0.481 e. The quantitative estimate of drug-likeness (QED) is 0.831. The van der Waals surface area contributed by atoms with E-state index in [9.17, 15) is 9.59 Å². The first kappa shape index (κ1) is 15.7. The maximum absolute atomic E-state index is 12.4. The van der Waals surface area contributed by atoms with Crippen LogP contribution in [0.1, 0.15) is 36.0 Å². The van der Waals surface area contributed by atoms with Crippen molar-refractivity contribution in [2.24, 2.45) is 0 Å². The molecule has 1 unspecified atom stereocenters. The van der Waals surface area contributed by atoms with Gasteiger partial charge in [-0.3, -0.25) is 14.5 Å². The van der Waals surface area contributed by atoms with Gasteiger partial charge in [-0.15, -0.1) is 0 Å². The molecule has 1 fully saturated rings. The molecule has 1 atom stereocenters. The number of Topliss-reactive ketones (excluding diaryl/α,β-unsaturated/α-hetero) is 1. The van der Waals surface area contributed by atoms with E-state index in [1.807, 2.05) is 42.5 Å². The molecule has 3 rings (SSSR count). The number of hydrogen-bond acceptors (Lipinski definition) is 3. The van der Waals surface area contributed by atoms with E-state index < -0.39 is 5.97 Å². The molecule has 4 nitrogen and oxygen atoms in total. The van der Waals surface area contributed by atoms with Crippen LogP contribution in [0, 0.1) is 0 Å². The van der Waals surface area contributed by atoms with E-state index in [0.29, 0.717) is 13.0 Å². The zero-order chi connectivity index (χ0) is 16.2. The Morgan fingerprint density at radius 2 is 1.91 bits per heavy atom. The van der Waals surface area contributed by atoms with Gasteiger partial charge >= 0.3 is 5.97 Å². The number of hydrogen-bond donors (Lipinski definition) is 1. The summed E-state index contributed by atoms with van der Waals surface area (Å²) in [6.07, 6.45) is 2.54. The average molecular weight is 311 g/mol. The summed E-state index contributed by atoms with van der Waals surface area (Å²) in [5.74, 6) is -0.639. The lowest BCUT2D eigenvalue weighted by molar-refractivity contribution is -0.138. The number of likely N-dealkylation sites (tertiary alicyclic amines) is 1. The summed E-state index contributed by atoms with van der Waals surface area (Å²) in [6, 6.07) is 13.9. The van der Waals surface area contributed by atoms with Crippen molar-refractivity contribution in [1.82, 2.24) is 4.90 Å². The van der Waals surface area contributed by atoms with Crippen molar-refractivity contribution >= 4 is 22.5 Å². The lowest BCUT2D eigenvalue weighted by Gasteiger charge is -2.22. The molecule has 0 amide bonds. The summed E-state index contributed by atoms with van der Waals surface area (Å²) in [7, 11) is 0. The molecule has 1 N–H and O–H groups in total. The van der Waals surface area contributed by atoms with Crippen LogP contribution >= 0.6 is 0 Å². The summed E-state index contributed by atoms with van der Waals surface area (Å²) in [4.78, 5) is 25.5. The summed E-state index contributed by atoms with van der Waals surface area (Å²) in [5, 5.41) is 11.2. The summed E-state index contributed by atoms with van der Waals surface area (Å²) in [6.45, 7) is 1.53. The highest BCUT2D eigenvalue weighted by atomic mass is 16.4. The lowest BCUT2D eigenvalue weighted by atomic mass is 10.0. The van der Waals surface area contributed by atoms with Crippen LogP contribution in [0.3, 0.4) is 0 Å². The molecular formula is C19H21NO3. The van der Waals surface area contributed by atoms with Gasteiger partial charge in [0.1, 0.15) is 0 Å². The minimum absolute atomic E-state index is 0.0805. The Balaban J connectivity index is 1.63. The van der Waals surface area contributed by atoms with E-state index in [1.165, 1.54) is 0 Å². The number of benzene rings is 2. The number of carboxylic acid groups (broad SMARTS) is 1. The highest BCUT2D eigenvalue weighted by Gasteiger charge is 2.26. The van der Waals surface area contributed by atoms with Crippen LogP contribution < -0.4 is 0 Å². The van der Waals surface area contributed by atoms with Gasteiger partial charge in [-0.2, -0.15) is 0 Å². The topological polar surface area (TPSA) is 57.6 Å². The van der Waals surface area contributed by atoms with E-state index >= 15 is 0 Å². The molecule has 2 aromatic carbocycles. The fraction of sp³-hybridized carbons (Fsp3) is 0.368. The predicted molar refractivity (Wildman–Crippen MR) is 89.7 cm³/mol. The Kier molecular flexibility index (Phi) is 4.72. The average Bonchev–Trinajstić information content (AvgIpc) is 2.98. The van der Waals surface area contributed by atoms with Crippen LogP contribution in [0.15, 0.2) is 42.5 Å². The van der Waals surface area contributed by atoms with Crippen molar-refractivity contribution in [1.29, 1.82) is 0 Å². The number of carbonyl (C=O) groups is 2. The Morgan fingerprint density at radius 3 is 2.70 bits per heavy atom. The first-order chi connectivity index (χ1) is 11.1. The van der Waals surface area contributed by atoms with Gasteiger partial charge in [0, 0.05) is 24.6 Å². The number of nitrogens with zero attached hydrogens (tertiary/aromatic N) is 1. The van der Waals surface area contributed by atoms with Crippen molar-refractivity contribution in [3.05, 3.63) is 48.0 Å². The standard InChI is InChI=1S/C19H21NO3/c21-18(9-11-20-10-3-6-17(20)13-19(22)23)16-8-7-14-4-1-2-5-15(14)12-16/h1-2,4-5,7-8,12,17H,3,6,9-11,13H2,(H,22,23). The summed E-state index contributed by atoms with van der Waals surface area (Å²) >= 11 is 0. The van der Waals surface area contributed by atoms with Gasteiger partial charge in [0.15, 0.2) is 5.78 Å². The first-order valence-electron chi connectivity index (χ1n) is 8.11.